The fraction of sp³-hybridized carbons (Fsp3) is 0.800. The van der Waals surface area contributed by atoms with E-state index in [0.29, 0.717) is 33.0 Å². The van der Waals surface area contributed by atoms with Crippen molar-refractivity contribution in [2.75, 3.05) is 39.6 Å². The predicted molar refractivity (Wildman–Crippen MR) is 86.8 cm³/mol. The van der Waals surface area contributed by atoms with Crippen LogP contribution in [-0.2, 0) is 20.8 Å². The minimum atomic E-state index is 0.607. The number of hydrogen-bond donors (Lipinski definition) is 0. The van der Waals surface area contributed by atoms with Crippen molar-refractivity contribution >= 4 is 15.9 Å². The number of unbranched alkanes of at least 4 members (excludes halogenated alkanes) is 1. The van der Waals surface area contributed by atoms with E-state index in [0.717, 1.165) is 35.4 Å². The second kappa shape index (κ2) is 11.2. The van der Waals surface area contributed by atoms with Crippen LogP contribution >= 0.6 is 15.9 Å². The number of hydrogen-bond acceptors (Lipinski definition) is 4. The van der Waals surface area contributed by atoms with E-state index in [1.807, 2.05) is 18.5 Å². The van der Waals surface area contributed by atoms with Crippen LogP contribution in [0.3, 0.4) is 0 Å². The summed E-state index contributed by atoms with van der Waals surface area (Å²) in [6, 6.07) is 0. The Bertz CT molecular complexity index is 397. The largest absolute Gasteiger partial charge is 0.379 e. The Morgan fingerprint density at radius 1 is 0.952 bits per heavy atom. The molecule has 0 radical (unpaired) electrons. The number of rotatable bonds is 12. The van der Waals surface area contributed by atoms with Crippen molar-refractivity contribution in [3.63, 3.8) is 0 Å². The van der Waals surface area contributed by atoms with Crippen LogP contribution < -0.4 is 0 Å². The lowest BCUT2D eigenvalue weighted by atomic mass is 10.4. The van der Waals surface area contributed by atoms with Gasteiger partial charge < -0.3 is 14.2 Å². The Morgan fingerprint density at radius 2 is 1.52 bits per heavy atom. The minimum Gasteiger partial charge on any atom is -0.379 e. The Morgan fingerprint density at radius 3 is 2.05 bits per heavy atom. The van der Waals surface area contributed by atoms with Crippen molar-refractivity contribution in [3.8, 4) is 0 Å². The van der Waals surface area contributed by atoms with E-state index in [4.69, 9.17) is 14.2 Å². The van der Waals surface area contributed by atoms with Gasteiger partial charge in [-0.25, -0.2) is 0 Å². The molecule has 0 N–H and O–H groups in total. The molecule has 0 bridgehead atoms. The van der Waals surface area contributed by atoms with Crippen LogP contribution in [0.1, 0.15) is 31.2 Å². The molecule has 5 nitrogen and oxygen atoms in total. The normalized spacial score (nSPS) is 11.2. The zero-order valence-electron chi connectivity index (χ0n) is 13.4. The lowest BCUT2D eigenvalue weighted by Gasteiger charge is -2.07. The fourth-order valence-electron chi connectivity index (χ4n) is 1.83. The molecule has 0 amide bonds. The molecule has 122 valence electrons. The second-order valence-corrected chi connectivity index (χ2v) is 5.69. The average molecular weight is 363 g/mol. The number of ether oxygens (including phenoxy) is 3. The number of aromatic nitrogens is 2. The Balaban J connectivity index is 1.94. The maximum absolute atomic E-state index is 5.54. The van der Waals surface area contributed by atoms with Gasteiger partial charge in [-0.1, -0.05) is 13.3 Å². The molecule has 6 heteroatoms. The highest BCUT2D eigenvalue weighted by Crippen LogP contribution is 2.19. The number of halogens is 1. The maximum atomic E-state index is 5.54. The summed E-state index contributed by atoms with van der Waals surface area (Å²) in [6.07, 6.45) is 2.28. The molecule has 21 heavy (non-hydrogen) atoms. The van der Waals surface area contributed by atoms with Gasteiger partial charge in [0, 0.05) is 12.3 Å². The molecule has 1 heterocycles. The monoisotopic (exact) mass is 362 g/mol. The van der Waals surface area contributed by atoms with Crippen molar-refractivity contribution < 1.29 is 14.2 Å². The van der Waals surface area contributed by atoms with Crippen molar-refractivity contribution in [2.24, 2.45) is 0 Å². The molecule has 0 saturated carbocycles. The van der Waals surface area contributed by atoms with Gasteiger partial charge in [0.05, 0.1) is 49.7 Å². The van der Waals surface area contributed by atoms with E-state index in [2.05, 4.69) is 28.0 Å². The third-order valence-corrected chi connectivity index (χ3v) is 4.27. The lowest BCUT2D eigenvalue weighted by molar-refractivity contribution is 0.0123. The van der Waals surface area contributed by atoms with E-state index in [-0.39, 0.29) is 0 Å². The van der Waals surface area contributed by atoms with E-state index in [9.17, 15) is 0 Å². The zero-order valence-corrected chi connectivity index (χ0v) is 14.9. The van der Waals surface area contributed by atoms with Crippen molar-refractivity contribution in [2.45, 2.75) is 40.2 Å². The van der Waals surface area contributed by atoms with Crippen LogP contribution in [0.2, 0.25) is 0 Å². The summed E-state index contributed by atoms with van der Waals surface area (Å²) in [7, 11) is 0. The quantitative estimate of drug-likeness (QED) is 0.536. The number of nitrogens with zero attached hydrogens (tertiary/aromatic N) is 2. The highest BCUT2D eigenvalue weighted by atomic mass is 79.9. The topological polar surface area (TPSA) is 45.5 Å². The molecule has 0 atom stereocenters. The third kappa shape index (κ3) is 7.40. The molecule has 0 aromatic carbocycles. The first-order valence-electron chi connectivity index (χ1n) is 7.59. The third-order valence-electron chi connectivity index (χ3n) is 3.13. The molecule has 0 unspecified atom stereocenters. The Kier molecular flexibility index (Phi) is 9.91. The molecule has 0 saturated heterocycles. The molecule has 0 aliphatic carbocycles. The molecular formula is C15H27BrN2O3. The van der Waals surface area contributed by atoms with E-state index in [1.54, 1.807) is 0 Å². The van der Waals surface area contributed by atoms with Crippen LogP contribution in [0.15, 0.2) is 4.47 Å². The Hall–Kier alpha value is -0.430. The van der Waals surface area contributed by atoms with Crippen LogP contribution in [-0.4, -0.2) is 49.4 Å². The van der Waals surface area contributed by atoms with Gasteiger partial charge in [0.1, 0.15) is 0 Å². The van der Waals surface area contributed by atoms with Gasteiger partial charge in [-0.2, -0.15) is 5.10 Å². The highest BCUT2D eigenvalue weighted by Gasteiger charge is 2.07. The van der Waals surface area contributed by atoms with Gasteiger partial charge >= 0.3 is 0 Å². The predicted octanol–water partition coefficient (Wildman–Crippen LogP) is 3.11. The minimum absolute atomic E-state index is 0.607. The molecule has 1 rings (SSSR count). The van der Waals surface area contributed by atoms with Crippen molar-refractivity contribution in [1.29, 1.82) is 0 Å². The number of aryl methyl sites for hydroxylation is 1. The van der Waals surface area contributed by atoms with E-state index >= 15 is 0 Å². The maximum Gasteiger partial charge on any atom is 0.0738 e. The molecule has 0 spiro atoms. The van der Waals surface area contributed by atoms with Crippen LogP contribution in [0.25, 0.3) is 0 Å². The lowest BCUT2D eigenvalue weighted by Crippen LogP contribution is -2.13. The summed E-state index contributed by atoms with van der Waals surface area (Å²) in [5.74, 6) is 0. The van der Waals surface area contributed by atoms with Gasteiger partial charge in [-0.15, -0.1) is 0 Å². The van der Waals surface area contributed by atoms with Crippen LogP contribution in [0.5, 0.6) is 0 Å². The first kappa shape index (κ1) is 18.6. The fourth-order valence-corrected chi connectivity index (χ4v) is 2.12. The summed E-state index contributed by atoms with van der Waals surface area (Å²) < 4.78 is 19.4. The Labute approximate surface area is 136 Å². The van der Waals surface area contributed by atoms with Gasteiger partial charge in [-0.05, 0) is 36.2 Å². The van der Waals surface area contributed by atoms with Crippen LogP contribution in [0, 0.1) is 13.8 Å². The van der Waals surface area contributed by atoms with Gasteiger partial charge in [0.2, 0.25) is 0 Å². The van der Waals surface area contributed by atoms with Crippen molar-refractivity contribution in [1.82, 2.24) is 9.78 Å². The summed E-state index contributed by atoms with van der Waals surface area (Å²) in [4.78, 5) is 0. The standard InChI is InChI=1S/C15H27BrN2O3/c1-4-5-7-19-9-11-21-12-10-20-8-6-18-14(3)15(16)13(2)17-18/h4-12H2,1-3H3. The first-order valence-corrected chi connectivity index (χ1v) is 8.38. The van der Waals surface area contributed by atoms with Gasteiger partial charge in [0.25, 0.3) is 0 Å². The molecule has 1 aromatic rings. The average Bonchev–Trinajstić information content (AvgIpc) is 2.72. The van der Waals surface area contributed by atoms with Gasteiger partial charge in [0.15, 0.2) is 0 Å². The molecule has 0 fully saturated rings. The molecular weight excluding hydrogens is 336 g/mol. The van der Waals surface area contributed by atoms with E-state index < -0.39 is 0 Å². The summed E-state index contributed by atoms with van der Waals surface area (Å²) in [5.41, 5.74) is 2.15. The smallest absolute Gasteiger partial charge is 0.0738 e. The van der Waals surface area contributed by atoms with Crippen LogP contribution in [0.4, 0.5) is 0 Å². The first-order chi connectivity index (χ1) is 10.2. The summed E-state index contributed by atoms with van der Waals surface area (Å²) in [5, 5.41) is 4.43. The SMILES string of the molecule is CCCCOCCOCCOCCn1nc(C)c(Br)c1C. The van der Waals surface area contributed by atoms with E-state index in [1.165, 1.54) is 6.42 Å². The summed E-state index contributed by atoms with van der Waals surface area (Å²) >= 11 is 3.52. The molecule has 0 aliphatic heterocycles. The second-order valence-electron chi connectivity index (χ2n) is 4.90. The molecule has 0 aliphatic rings. The highest BCUT2D eigenvalue weighted by molar-refractivity contribution is 9.10. The van der Waals surface area contributed by atoms with Gasteiger partial charge in [-0.3, -0.25) is 4.68 Å². The zero-order chi connectivity index (χ0) is 15.5. The summed E-state index contributed by atoms with van der Waals surface area (Å²) in [6.45, 7) is 10.9. The van der Waals surface area contributed by atoms with Crippen molar-refractivity contribution in [3.05, 3.63) is 15.9 Å². The molecule has 1 aromatic heterocycles.